The van der Waals surface area contributed by atoms with Gasteiger partial charge < -0.3 is 14.2 Å². The smallest absolute Gasteiger partial charge is 0.121 e. The highest BCUT2D eigenvalue weighted by Crippen LogP contribution is 2.30. The van der Waals surface area contributed by atoms with Crippen LogP contribution in [-0.4, -0.2) is 47.6 Å². The molecule has 5 heteroatoms. The highest BCUT2D eigenvalue weighted by atomic mass is 35.5. The van der Waals surface area contributed by atoms with Crippen molar-refractivity contribution in [2.24, 2.45) is 0 Å². The van der Waals surface area contributed by atoms with Crippen LogP contribution in [0.15, 0.2) is 18.2 Å². The summed E-state index contributed by atoms with van der Waals surface area (Å²) in [4.78, 5) is 7.11. The Labute approximate surface area is 124 Å². The van der Waals surface area contributed by atoms with Crippen LogP contribution in [0.2, 0.25) is 0 Å². The fourth-order valence-corrected chi connectivity index (χ4v) is 3.21. The highest BCUT2D eigenvalue weighted by molar-refractivity contribution is 6.17. The highest BCUT2D eigenvalue weighted by Gasteiger charge is 2.25. The van der Waals surface area contributed by atoms with E-state index in [-0.39, 0.29) is 0 Å². The first kappa shape index (κ1) is 13.7. The van der Waals surface area contributed by atoms with Gasteiger partial charge in [0.25, 0.3) is 0 Å². The van der Waals surface area contributed by atoms with Crippen LogP contribution in [0.3, 0.4) is 0 Å². The maximum atomic E-state index is 5.94. The number of alkyl halides is 1. The molecule has 0 radical (unpaired) electrons. The molecule has 0 saturated carbocycles. The fraction of sp³-hybridized carbons (Fsp3) is 0.533. The van der Waals surface area contributed by atoms with Crippen LogP contribution in [0, 0.1) is 0 Å². The van der Waals surface area contributed by atoms with Gasteiger partial charge in [0, 0.05) is 31.0 Å². The number of likely N-dealkylation sites (tertiary alicyclic amines) is 1. The number of hydrogen-bond donors (Lipinski definition) is 0. The molecule has 1 fully saturated rings. The zero-order valence-electron chi connectivity index (χ0n) is 12.0. The Bertz CT molecular complexity index is 610. The second kappa shape index (κ2) is 5.62. The van der Waals surface area contributed by atoms with Crippen LogP contribution in [0.25, 0.3) is 11.0 Å². The molecule has 1 aromatic heterocycles. The maximum absolute atomic E-state index is 5.94. The molecule has 0 spiro atoms. The lowest BCUT2D eigenvalue weighted by molar-refractivity contribution is 0.392. The third-order valence-corrected chi connectivity index (χ3v) is 4.21. The molecule has 2 heterocycles. The predicted octanol–water partition coefficient (Wildman–Crippen LogP) is 2.70. The summed E-state index contributed by atoms with van der Waals surface area (Å²) in [5.74, 6) is 2.56. The van der Waals surface area contributed by atoms with Crippen LogP contribution in [0.1, 0.15) is 18.3 Å². The van der Waals surface area contributed by atoms with Crippen molar-refractivity contribution < 1.29 is 4.74 Å². The number of halogens is 1. The predicted molar refractivity (Wildman–Crippen MR) is 81.9 cm³/mol. The summed E-state index contributed by atoms with van der Waals surface area (Å²) in [7, 11) is 3.87. The topological polar surface area (TPSA) is 30.3 Å². The first-order chi connectivity index (χ1) is 9.72. The molecule has 1 aliphatic heterocycles. The molecular weight excluding hydrogens is 274 g/mol. The number of ether oxygens (including phenoxy) is 1. The average Bonchev–Trinajstić information content (AvgIpc) is 3.01. The number of hydrogen-bond acceptors (Lipinski definition) is 3. The fourth-order valence-electron chi connectivity index (χ4n) is 3.04. The molecule has 20 heavy (non-hydrogen) atoms. The van der Waals surface area contributed by atoms with E-state index in [9.17, 15) is 0 Å². The molecule has 2 aromatic rings. The van der Waals surface area contributed by atoms with Crippen molar-refractivity contribution in [1.29, 1.82) is 0 Å². The summed E-state index contributed by atoms with van der Waals surface area (Å²) in [6, 6.07) is 6.56. The molecular formula is C15H20ClN3O. The number of methoxy groups -OCH3 is 1. The molecule has 0 bridgehead atoms. The molecule has 1 aliphatic rings. The van der Waals surface area contributed by atoms with Gasteiger partial charge in [-0.1, -0.05) is 0 Å². The summed E-state index contributed by atoms with van der Waals surface area (Å²) in [5, 5.41) is 0. The number of aromatic nitrogens is 2. The quantitative estimate of drug-likeness (QED) is 0.812. The van der Waals surface area contributed by atoms with Crippen molar-refractivity contribution in [2.75, 3.05) is 33.1 Å². The van der Waals surface area contributed by atoms with Crippen molar-refractivity contribution >= 4 is 22.6 Å². The van der Waals surface area contributed by atoms with Gasteiger partial charge in [-0.25, -0.2) is 4.98 Å². The van der Waals surface area contributed by atoms with Gasteiger partial charge in [0.1, 0.15) is 11.6 Å². The van der Waals surface area contributed by atoms with Gasteiger partial charge in [0.2, 0.25) is 0 Å². The maximum Gasteiger partial charge on any atom is 0.121 e. The van der Waals surface area contributed by atoms with Gasteiger partial charge in [-0.2, -0.15) is 0 Å². The second-order valence-electron chi connectivity index (χ2n) is 5.40. The van der Waals surface area contributed by atoms with Crippen LogP contribution >= 0.6 is 11.6 Å². The van der Waals surface area contributed by atoms with Crippen LogP contribution in [-0.2, 0) is 6.42 Å². The van der Waals surface area contributed by atoms with Crippen molar-refractivity contribution in [3.05, 3.63) is 24.0 Å². The summed E-state index contributed by atoms with van der Waals surface area (Å²) in [5.41, 5.74) is 2.19. The normalized spacial score (nSPS) is 19.9. The van der Waals surface area contributed by atoms with Crippen molar-refractivity contribution in [1.82, 2.24) is 14.5 Å². The monoisotopic (exact) mass is 293 g/mol. The zero-order valence-corrected chi connectivity index (χ0v) is 12.7. The molecule has 0 aliphatic carbocycles. The number of aryl methyl sites for hydroxylation is 1. The van der Waals surface area contributed by atoms with Gasteiger partial charge in [-0.3, -0.25) is 0 Å². The van der Waals surface area contributed by atoms with Crippen molar-refractivity contribution in [3.8, 4) is 5.75 Å². The second-order valence-corrected chi connectivity index (χ2v) is 5.77. The van der Waals surface area contributed by atoms with E-state index >= 15 is 0 Å². The zero-order chi connectivity index (χ0) is 14.1. The molecule has 108 valence electrons. The molecule has 0 amide bonds. The minimum absolute atomic E-state index is 0.482. The van der Waals surface area contributed by atoms with E-state index in [1.54, 1.807) is 7.11 Å². The Hall–Kier alpha value is -1.26. The third kappa shape index (κ3) is 2.38. The molecule has 1 unspecified atom stereocenters. The van der Waals surface area contributed by atoms with Crippen LogP contribution in [0.4, 0.5) is 0 Å². The minimum atomic E-state index is 0.482. The van der Waals surface area contributed by atoms with Crippen LogP contribution in [0.5, 0.6) is 5.75 Å². The van der Waals surface area contributed by atoms with E-state index in [2.05, 4.69) is 22.6 Å². The van der Waals surface area contributed by atoms with E-state index in [0.717, 1.165) is 48.5 Å². The number of fused-ring (bicyclic) bond motifs is 1. The number of nitrogens with zero attached hydrogens (tertiary/aromatic N) is 3. The first-order valence-electron chi connectivity index (χ1n) is 7.02. The van der Waals surface area contributed by atoms with E-state index in [1.807, 2.05) is 12.1 Å². The lowest BCUT2D eigenvalue weighted by Gasteiger charge is -2.17. The van der Waals surface area contributed by atoms with Crippen molar-refractivity contribution in [3.63, 3.8) is 0 Å². The number of likely N-dealkylation sites (N-methyl/N-ethyl adjacent to an activating group) is 1. The molecule has 3 rings (SSSR count). The Morgan fingerprint density at radius 2 is 2.30 bits per heavy atom. The van der Waals surface area contributed by atoms with Crippen molar-refractivity contribution in [2.45, 2.75) is 18.9 Å². The SMILES string of the molecule is COc1ccc2nc(CCCl)n(C3CCN(C)C3)c2c1. The number of rotatable bonds is 4. The Kier molecular flexibility index (Phi) is 3.85. The molecule has 4 nitrogen and oxygen atoms in total. The van der Waals surface area contributed by atoms with E-state index in [4.69, 9.17) is 21.3 Å². The van der Waals surface area contributed by atoms with Gasteiger partial charge in [-0.15, -0.1) is 11.6 Å². The van der Waals surface area contributed by atoms with Gasteiger partial charge in [0.05, 0.1) is 18.1 Å². The summed E-state index contributed by atoms with van der Waals surface area (Å²) in [6.07, 6.45) is 1.97. The van der Waals surface area contributed by atoms with E-state index in [1.165, 1.54) is 0 Å². The minimum Gasteiger partial charge on any atom is -0.497 e. The summed E-state index contributed by atoms with van der Waals surface area (Å²) >= 11 is 5.94. The third-order valence-electron chi connectivity index (χ3n) is 4.02. The lowest BCUT2D eigenvalue weighted by Crippen LogP contribution is -2.18. The Morgan fingerprint density at radius 1 is 1.45 bits per heavy atom. The molecule has 1 aromatic carbocycles. The lowest BCUT2D eigenvalue weighted by atomic mass is 10.2. The Morgan fingerprint density at radius 3 is 2.95 bits per heavy atom. The number of benzene rings is 1. The van der Waals surface area contributed by atoms with Crippen LogP contribution < -0.4 is 4.74 Å². The van der Waals surface area contributed by atoms with Gasteiger partial charge in [0.15, 0.2) is 0 Å². The van der Waals surface area contributed by atoms with Gasteiger partial charge in [-0.05, 0) is 32.1 Å². The Balaban J connectivity index is 2.11. The summed E-state index contributed by atoms with van der Waals surface area (Å²) in [6.45, 7) is 2.20. The average molecular weight is 294 g/mol. The van der Waals surface area contributed by atoms with Gasteiger partial charge >= 0.3 is 0 Å². The first-order valence-corrected chi connectivity index (χ1v) is 7.55. The van der Waals surface area contributed by atoms with E-state index < -0.39 is 0 Å². The largest absolute Gasteiger partial charge is 0.497 e. The molecule has 1 saturated heterocycles. The van der Waals surface area contributed by atoms with E-state index in [0.29, 0.717) is 11.9 Å². The molecule has 0 N–H and O–H groups in total. The number of imidazole rings is 1. The molecule has 1 atom stereocenters. The summed E-state index contributed by atoms with van der Waals surface area (Å²) < 4.78 is 7.72. The standard InChI is InChI=1S/C15H20ClN3O/c1-18-8-6-11(10-18)19-14-9-12(20-2)3-4-13(14)17-15(19)5-7-16/h3-4,9,11H,5-8,10H2,1-2H3.